The van der Waals surface area contributed by atoms with E-state index >= 15 is 0 Å². The number of benzene rings is 1. The second kappa shape index (κ2) is 7.61. The Morgan fingerprint density at radius 3 is 2.77 bits per heavy atom. The number of hydrogen-bond donors (Lipinski definition) is 2. The lowest BCUT2D eigenvalue weighted by Gasteiger charge is -2.17. The summed E-state index contributed by atoms with van der Waals surface area (Å²) < 4.78 is 0. The molecule has 2 rings (SSSR count). The Labute approximate surface area is 135 Å². The highest BCUT2D eigenvalue weighted by molar-refractivity contribution is 6.30. The number of hydrogen-bond acceptors (Lipinski definition) is 3. The first-order chi connectivity index (χ1) is 10.5. The van der Waals surface area contributed by atoms with E-state index in [4.69, 9.17) is 11.6 Å². The van der Waals surface area contributed by atoms with Crippen LogP contribution in [0.2, 0.25) is 5.02 Å². The lowest BCUT2D eigenvalue weighted by atomic mass is 10.1. The van der Waals surface area contributed by atoms with Gasteiger partial charge in [-0.2, -0.15) is 0 Å². The Balaban J connectivity index is 1.91. The predicted molar refractivity (Wildman–Crippen MR) is 85.8 cm³/mol. The molecule has 1 aromatic carbocycles. The first kappa shape index (κ1) is 16.8. The van der Waals surface area contributed by atoms with Crippen molar-refractivity contribution in [1.82, 2.24) is 5.32 Å². The van der Waals surface area contributed by atoms with Crippen LogP contribution >= 0.6 is 11.6 Å². The molecular weight excluding hydrogens is 304 g/mol. The Bertz CT molecular complexity index is 533. The number of carbonyl (C=O) groups excluding carboxylic acids is 2. The Hall–Kier alpha value is -1.59. The summed E-state index contributed by atoms with van der Waals surface area (Å²) in [5.74, 6) is -0.631. The lowest BCUT2D eigenvalue weighted by molar-refractivity contribution is -0.126. The van der Waals surface area contributed by atoms with Gasteiger partial charge in [-0.3, -0.25) is 9.59 Å². The zero-order valence-electron chi connectivity index (χ0n) is 12.6. The van der Waals surface area contributed by atoms with Crippen LogP contribution in [0.25, 0.3) is 0 Å². The molecule has 5 nitrogen and oxygen atoms in total. The SMILES string of the molecule is CCCC(O)CNC(=O)C1CC(=O)N(c2ccc(Cl)cc2)C1. The van der Waals surface area contributed by atoms with Gasteiger partial charge in [-0.15, -0.1) is 0 Å². The molecule has 1 aliphatic heterocycles. The van der Waals surface area contributed by atoms with Gasteiger partial charge in [0.05, 0.1) is 12.0 Å². The molecule has 0 spiro atoms. The van der Waals surface area contributed by atoms with E-state index in [-0.39, 0.29) is 30.7 Å². The zero-order chi connectivity index (χ0) is 16.1. The van der Waals surface area contributed by atoms with Gasteiger partial charge in [-0.05, 0) is 30.7 Å². The number of anilines is 1. The van der Waals surface area contributed by atoms with E-state index in [0.29, 0.717) is 18.0 Å². The van der Waals surface area contributed by atoms with E-state index in [2.05, 4.69) is 5.32 Å². The number of rotatable bonds is 6. The highest BCUT2D eigenvalue weighted by Crippen LogP contribution is 2.26. The van der Waals surface area contributed by atoms with E-state index < -0.39 is 6.10 Å². The van der Waals surface area contributed by atoms with E-state index in [0.717, 1.165) is 12.1 Å². The maximum Gasteiger partial charge on any atom is 0.227 e. The summed E-state index contributed by atoms with van der Waals surface area (Å²) in [5, 5.41) is 13.0. The van der Waals surface area contributed by atoms with Crippen molar-refractivity contribution in [2.75, 3.05) is 18.0 Å². The number of nitrogens with zero attached hydrogens (tertiary/aromatic N) is 1. The van der Waals surface area contributed by atoms with Crippen LogP contribution in [0.1, 0.15) is 26.2 Å². The maximum atomic E-state index is 12.1. The van der Waals surface area contributed by atoms with Gasteiger partial charge in [-0.1, -0.05) is 24.9 Å². The minimum Gasteiger partial charge on any atom is -0.391 e. The third-order valence-electron chi connectivity index (χ3n) is 3.77. The standard InChI is InChI=1S/C16H21ClN2O3/c1-2-3-14(20)9-18-16(22)11-8-15(21)19(10-11)13-6-4-12(17)5-7-13/h4-7,11,14,20H,2-3,8-10H2,1H3,(H,18,22). The number of nitrogens with one attached hydrogen (secondary N) is 1. The van der Waals surface area contributed by atoms with Crippen molar-refractivity contribution >= 4 is 29.1 Å². The summed E-state index contributed by atoms with van der Waals surface area (Å²) in [5.41, 5.74) is 0.746. The Morgan fingerprint density at radius 1 is 1.45 bits per heavy atom. The van der Waals surface area contributed by atoms with Crippen LogP contribution < -0.4 is 10.2 Å². The normalized spacial score (nSPS) is 19.3. The molecule has 0 aromatic heterocycles. The van der Waals surface area contributed by atoms with Gasteiger partial charge in [-0.25, -0.2) is 0 Å². The monoisotopic (exact) mass is 324 g/mol. The first-order valence-electron chi connectivity index (χ1n) is 7.53. The molecular formula is C16H21ClN2O3. The van der Waals surface area contributed by atoms with Gasteiger partial charge in [0, 0.05) is 30.2 Å². The van der Waals surface area contributed by atoms with Crippen LogP contribution in [-0.4, -0.2) is 36.1 Å². The smallest absolute Gasteiger partial charge is 0.227 e. The minimum atomic E-state index is -0.529. The topological polar surface area (TPSA) is 69.6 Å². The van der Waals surface area contributed by atoms with E-state index in [1.807, 2.05) is 6.92 Å². The van der Waals surface area contributed by atoms with Crippen LogP contribution in [0.4, 0.5) is 5.69 Å². The highest BCUT2D eigenvalue weighted by Gasteiger charge is 2.35. The van der Waals surface area contributed by atoms with Gasteiger partial charge in [0.2, 0.25) is 11.8 Å². The van der Waals surface area contributed by atoms with Gasteiger partial charge < -0.3 is 15.3 Å². The molecule has 1 aliphatic rings. The van der Waals surface area contributed by atoms with Crippen molar-refractivity contribution < 1.29 is 14.7 Å². The molecule has 1 fully saturated rings. The second-order valence-electron chi connectivity index (χ2n) is 5.57. The van der Waals surface area contributed by atoms with Crippen LogP contribution in [0.3, 0.4) is 0 Å². The molecule has 0 bridgehead atoms. The summed E-state index contributed by atoms with van der Waals surface area (Å²) in [4.78, 5) is 25.8. The van der Waals surface area contributed by atoms with Crippen molar-refractivity contribution in [3.05, 3.63) is 29.3 Å². The summed E-state index contributed by atoms with van der Waals surface area (Å²) in [6.45, 7) is 2.57. The molecule has 2 unspecified atom stereocenters. The summed E-state index contributed by atoms with van der Waals surface area (Å²) >= 11 is 5.84. The summed E-state index contributed by atoms with van der Waals surface area (Å²) in [6, 6.07) is 6.98. The van der Waals surface area contributed by atoms with E-state index in [1.165, 1.54) is 0 Å². The number of amides is 2. The van der Waals surface area contributed by atoms with Gasteiger partial charge >= 0.3 is 0 Å². The third kappa shape index (κ3) is 4.21. The third-order valence-corrected chi connectivity index (χ3v) is 4.02. The number of carbonyl (C=O) groups is 2. The lowest BCUT2D eigenvalue weighted by Crippen LogP contribution is -2.37. The maximum absolute atomic E-state index is 12.1. The molecule has 2 amide bonds. The molecule has 22 heavy (non-hydrogen) atoms. The van der Waals surface area contributed by atoms with Crippen molar-refractivity contribution in [1.29, 1.82) is 0 Å². The summed E-state index contributed by atoms with van der Waals surface area (Å²) in [7, 11) is 0. The molecule has 0 aliphatic carbocycles. The van der Waals surface area contributed by atoms with Crippen molar-refractivity contribution in [3.63, 3.8) is 0 Å². The van der Waals surface area contributed by atoms with Crippen molar-refractivity contribution in [3.8, 4) is 0 Å². The van der Waals surface area contributed by atoms with Crippen molar-refractivity contribution in [2.45, 2.75) is 32.3 Å². The van der Waals surface area contributed by atoms with E-state index in [9.17, 15) is 14.7 Å². The zero-order valence-corrected chi connectivity index (χ0v) is 13.3. The van der Waals surface area contributed by atoms with Crippen molar-refractivity contribution in [2.24, 2.45) is 5.92 Å². The number of aliphatic hydroxyl groups excluding tert-OH is 1. The average molecular weight is 325 g/mol. The molecule has 1 saturated heterocycles. The number of aliphatic hydroxyl groups is 1. The van der Waals surface area contributed by atoms with Crippen LogP contribution in [0.15, 0.2) is 24.3 Å². The predicted octanol–water partition coefficient (Wildman–Crippen LogP) is 1.97. The second-order valence-corrected chi connectivity index (χ2v) is 6.01. The fourth-order valence-electron chi connectivity index (χ4n) is 2.55. The van der Waals surface area contributed by atoms with Gasteiger partial charge in [0.1, 0.15) is 0 Å². The molecule has 1 aromatic rings. The van der Waals surface area contributed by atoms with Crippen LogP contribution in [0.5, 0.6) is 0 Å². The molecule has 2 atom stereocenters. The van der Waals surface area contributed by atoms with Crippen LogP contribution in [-0.2, 0) is 9.59 Å². The number of halogens is 1. The summed E-state index contributed by atoms with van der Waals surface area (Å²) in [6.07, 6.45) is 1.18. The largest absolute Gasteiger partial charge is 0.391 e. The highest BCUT2D eigenvalue weighted by atomic mass is 35.5. The molecule has 1 heterocycles. The molecule has 0 radical (unpaired) electrons. The molecule has 120 valence electrons. The Kier molecular flexibility index (Phi) is 5.80. The quantitative estimate of drug-likeness (QED) is 0.840. The molecule has 6 heteroatoms. The first-order valence-corrected chi connectivity index (χ1v) is 7.90. The van der Waals surface area contributed by atoms with Gasteiger partial charge in [0.15, 0.2) is 0 Å². The van der Waals surface area contributed by atoms with Crippen LogP contribution in [0, 0.1) is 5.92 Å². The average Bonchev–Trinajstić information content (AvgIpc) is 2.88. The van der Waals surface area contributed by atoms with Gasteiger partial charge in [0.25, 0.3) is 0 Å². The fraction of sp³-hybridized carbons (Fsp3) is 0.500. The molecule has 2 N–H and O–H groups in total. The van der Waals surface area contributed by atoms with E-state index in [1.54, 1.807) is 29.2 Å². The fourth-order valence-corrected chi connectivity index (χ4v) is 2.68. The Morgan fingerprint density at radius 2 is 2.14 bits per heavy atom. The molecule has 0 saturated carbocycles. The minimum absolute atomic E-state index is 0.0726.